The van der Waals surface area contributed by atoms with Gasteiger partial charge in [0.1, 0.15) is 6.26 Å². The molecule has 1 aliphatic heterocycles. The number of hydrogen-bond donors (Lipinski definition) is 1. The first-order chi connectivity index (χ1) is 11.1. The summed E-state index contributed by atoms with van der Waals surface area (Å²) < 4.78 is 5.14. The van der Waals surface area contributed by atoms with Crippen molar-refractivity contribution in [2.24, 2.45) is 0 Å². The van der Waals surface area contributed by atoms with E-state index in [1.807, 2.05) is 23.1 Å². The first kappa shape index (κ1) is 15.3. The lowest BCUT2D eigenvalue weighted by molar-refractivity contribution is 0.0688. The van der Waals surface area contributed by atoms with Crippen LogP contribution in [0.3, 0.4) is 0 Å². The highest BCUT2D eigenvalue weighted by molar-refractivity contribution is 5.95. The Labute approximate surface area is 134 Å². The van der Waals surface area contributed by atoms with Crippen LogP contribution >= 0.6 is 0 Å². The first-order valence-electron chi connectivity index (χ1n) is 7.82. The molecule has 5 nitrogen and oxygen atoms in total. The molecular weight excluding hydrogens is 294 g/mol. The van der Waals surface area contributed by atoms with Crippen molar-refractivity contribution in [2.45, 2.75) is 31.7 Å². The van der Waals surface area contributed by atoms with E-state index in [2.05, 4.69) is 12.1 Å². The van der Waals surface area contributed by atoms with Gasteiger partial charge >= 0.3 is 5.97 Å². The molecule has 0 saturated carbocycles. The normalized spacial score (nSPS) is 17.4. The Balaban J connectivity index is 1.65. The van der Waals surface area contributed by atoms with Crippen molar-refractivity contribution >= 4 is 11.9 Å². The molecule has 1 amide bonds. The Morgan fingerprint density at radius 1 is 1.26 bits per heavy atom. The van der Waals surface area contributed by atoms with Gasteiger partial charge in [0.05, 0.1) is 5.56 Å². The number of carbonyl (C=O) groups is 2. The van der Waals surface area contributed by atoms with Crippen molar-refractivity contribution in [3.05, 3.63) is 59.5 Å². The van der Waals surface area contributed by atoms with Crippen molar-refractivity contribution in [3.8, 4) is 0 Å². The molecule has 120 valence electrons. The summed E-state index contributed by atoms with van der Waals surface area (Å²) in [6.45, 7) is 0.696. The van der Waals surface area contributed by atoms with Crippen molar-refractivity contribution in [1.82, 2.24) is 4.90 Å². The summed E-state index contributed by atoms with van der Waals surface area (Å²) in [7, 11) is 0. The van der Waals surface area contributed by atoms with E-state index in [4.69, 9.17) is 9.52 Å². The first-order valence-corrected chi connectivity index (χ1v) is 7.82. The second-order valence-corrected chi connectivity index (χ2v) is 5.82. The molecule has 3 rings (SSSR count). The quantitative estimate of drug-likeness (QED) is 0.920. The van der Waals surface area contributed by atoms with Crippen LogP contribution in [0.1, 0.15) is 45.7 Å². The zero-order valence-electron chi connectivity index (χ0n) is 12.8. The largest absolute Gasteiger partial charge is 0.478 e. The van der Waals surface area contributed by atoms with Gasteiger partial charge in [0.15, 0.2) is 5.76 Å². The van der Waals surface area contributed by atoms with Crippen LogP contribution in [0.25, 0.3) is 0 Å². The molecule has 0 aliphatic carbocycles. The van der Waals surface area contributed by atoms with Gasteiger partial charge in [-0.2, -0.15) is 0 Å². The van der Waals surface area contributed by atoms with E-state index < -0.39 is 5.97 Å². The van der Waals surface area contributed by atoms with Crippen molar-refractivity contribution in [2.75, 3.05) is 6.54 Å². The number of rotatable bonds is 5. The molecule has 1 N–H and O–H groups in total. The molecule has 5 heteroatoms. The van der Waals surface area contributed by atoms with Gasteiger partial charge in [0.25, 0.3) is 5.91 Å². The minimum absolute atomic E-state index is 0.00776. The van der Waals surface area contributed by atoms with Crippen LogP contribution in [0.5, 0.6) is 0 Å². The number of likely N-dealkylation sites (tertiary alicyclic amines) is 1. The lowest BCUT2D eigenvalue weighted by Gasteiger charge is -2.23. The predicted octanol–water partition coefficient (Wildman–Crippen LogP) is 3.22. The Morgan fingerprint density at radius 3 is 2.74 bits per heavy atom. The van der Waals surface area contributed by atoms with Gasteiger partial charge in [0, 0.05) is 18.7 Å². The second kappa shape index (κ2) is 6.69. The molecule has 2 aromatic rings. The van der Waals surface area contributed by atoms with Gasteiger partial charge < -0.3 is 14.4 Å². The van der Waals surface area contributed by atoms with Gasteiger partial charge in [0.2, 0.25) is 0 Å². The summed E-state index contributed by atoms with van der Waals surface area (Å²) >= 11 is 0. The van der Waals surface area contributed by atoms with E-state index in [0.717, 1.165) is 31.9 Å². The predicted molar refractivity (Wildman–Crippen MR) is 84.5 cm³/mol. The van der Waals surface area contributed by atoms with Gasteiger partial charge in [-0.15, -0.1) is 0 Å². The van der Waals surface area contributed by atoms with Crippen molar-refractivity contribution in [1.29, 1.82) is 0 Å². The van der Waals surface area contributed by atoms with Gasteiger partial charge in [-0.05, 0) is 31.2 Å². The molecule has 23 heavy (non-hydrogen) atoms. The lowest BCUT2D eigenvalue weighted by atomic mass is 10.0. The average Bonchev–Trinajstić information content (AvgIpc) is 3.22. The Hall–Kier alpha value is -2.56. The topological polar surface area (TPSA) is 70.7 Å². The minimum atomic E-state index is -1.09. The Morgan fingerprint density at radius 2 is 2.04 bits per heavy atom. The maximum atomic E-state index is 12.5. The molecule has 1 fully saturated rings. The molecule has 1 unspecified atom stereocenters. The van der Waals surface area contributed by atoms with E-state index in [1.165, 1.54) is 11.6 Å². The fraction of sp³-hybridized carbons (Fsp3) is 0.333. The van der Waals surface area contributed by atoms with Crippen molar-refractivity contribution < 1.29 is 19.1 Å². The zero-order chi connectivity index (χ0) is 16.2. The SMILES string of the molecule is O=C(O)c1coc(C(=O)N2CCCC2CCc2ccccc2)c1. The van der Waals surface area contributed by atoms with Crippen LogP contribution in [0.4, 0.5) is 0 Å². The number of nitrogens with zero attached hydrogens (tertiary/aromatic N) is 1. The average molecular weight is 313 g/mol. The van der Waals surface area contributed by atoms with Gasteiger partial charge in [-0.1, -0.05) is 30.3 Å². The number of furan rings is 1. The number of aryl methyl sites for hydroxylation is 1. The standard InChI is InChI=1S/C18H19NO4/c20-17(16-11-14(12-23-16)18(21)22)19-10-4-7-15(19)9-8-13-5-2-1-3-6-13/h1-3,5-6,11-12,15H,4,7-10H2,(H,21,22). The highest BCUT2D eigenvalue weighted by Crippen LogP contribution is 2.24. The maximum Gasteiger partial charge on any atom is 0.338 e. The van der Waals surface area contributed by atoms with Crippen LogP contribution in [0.15, 0.2) is 47.1 Å². The second-order valence-electron chi connectivity index (χ2n) is 5.82. The van der Waals surface area contributed by atoms with Crippen LogP contribution in [0.2, 0.25) is 0 Å². The maximum absolute atomic E-state index is 12.5. The summed E-state index contributed by atoms with van der Waals surface area (Å²) in [6.07, 6.45) is 4.89. The van der Waals surface area contributed by atoms with Crippen LogP contribution < -0.4 is 0 Å². The van der Waals surface area contributed by atoms with E-state index in [1.54, 1.807) is 0 Å². The fourth-order valence-electron chi connectivity index (χ4n) is 3.08. The molecule has 1 saturated heterocycles. The highest BCUT2D eigenvalue weighted by Gasteiger charge is 2.31. The number of carboxylic acid groups (broad SMARTS) is 1. The minimum Gasteiger partial charge on any atom is -0.478 e. The molecule has 0 spiro atoms. The summed E-state index contributed by atoms with van der Waals surface area (Å²) in [6, 6.07) is 11.7. The van der Waals surface area contributed by atoms with Crippen LogP contribution in [-0.2, 0) is 6.42 Å². The molecule has 1 aromatic heterocycles. The summed E-state index contributed by atoms with van der Waals surface area (Å²) in [5.41, 5.74) is 1.27. The van der Waals surface area contributed by atoms with E-state index in [-0.39, 0.29) is 23.3 Å². The Bertz CT molecular complexity index is 692. The number of amides is 1. The zero-order valence-corrected chi connectivity index (χ0v) is 12.8. The van der Waals surface area contributed by atoms with Crippen LogP contribution in [0, 0.1) is 0 Å². The molecule has 1 atom stereocenters. The summed E-state index contributed by atoms with van der Waals surface area (Å²) in [5.74, 6) is -1.20. The molecular formula is C18H19NO4. The smallest absolute Gasteiger partial charge is 0.338 e. The summed E-state index contributed by atoms with van der Waals surface area (Å²) in [4.78, 5) is 25.3. The van der Waals surface area contributed by atoms with E-state index >= 15 is 0 Å². The van der Waals surface area contributed by atoms with Crippen LogP contribution in [-0.4, -0.2) is 34.5 Å². The third kappa shape index (κ3) is 3.44. The molecule has 2 heterocycles. The number of carbonyl (C=O) groups excluding carboxylic acids is 1. The number of hydrogen-bond acceptors (Lipinski definition) is 3. The fourth-order valence-corrected chi connectivity index (χ4v) is 3.08. The third-order valence-corrected chi connectivity index (χ3v) is 4.30. The molecule has 0 bridgehead atoms. The molecule has 1 aromatic carbocycles. The molecule has 0 radical (unpaired) electrons. The van der Waals surface area contributed by atoms with Gasteiger partial charge in [-0.25, -0.2) is 4.79 Å². The Kier molecular flexibility index (Phi) is 4.46. The van der Waals surface area contributed by atoms with Gasteiger partial charge in [-0.3, -0.25) is 4.79 Å². The lowest BCUT2D eigenvalue weighted by Crippen LogP contribution is -2.35. The number of aromatic carboxylic acids is 1. The third-order valence-electron chi connectivity index (χ3n) is 4.30. The summed E-state index contributed by atoms with van der Waals surface area (Å²) in [5, 5.41) is 8.92. The molecule has 1 aliphatic rings. The van der Waals surface area contributed by atoms with E-state index in [9.17, 15) is 9.59 Å². The monoisotopic (exact) mass is 313 g/mol. The number of carboxylic acids is 1. The highest BCUT2D eigenvalue weighted by atomic mass is 16.4. The number of benzene rings is 1. The van der Waals surface area contributed by atoms with E-state index in [0.29, 0.717) is 6.54 Å². The van der Waals surface area contributed by atoms with Crippen molar-refractivity contribution in [3.63, 3.8) is 0 Å².